The van der Waals surface area contributed by atoms with Gasteiger partial charge in [0.25, 0.3) is 5.79 Å². The van der Waals surface area contributed by atoms with Crippen LogP contribution in [0.4, 0.5) is 0 Å². The molecule has 1 aromatic rings. The molecule has 1 aliphatic rings. The van der Waals surface area contributed by atoms with Crippen molar-refractivity contribution >= 4 is 17.7 Å². The van der Waals surface area contributed by atoms with Gasteiger partial charge in [-0.3, -0.25) is 4.79 Å². The normalized spacial score (nSPS) is 14.9. The molecule has 0 bridgehead atoms. The zero-order valence-corrected chi connectivity index (χ0v) is 12.9. The van der Waals surface area contributed by atoms with Crippen molar-refractivity contribution in [2.24, 2.45) is 0 Å². The Morgan fingerprint density at radius 3 is 2.04 bits per heavy atom. The Morgan fingerprint density at radius 2 is 1.58 bits per heavy atom. The van der Waals surface area contributed by atoms with Crippen molar-refractivity contribution in [3.8, 4) is 0 Å². The molecule has 2 rings (SSSR count). The minimum atomic E-state index is -1.61. The lowest BCUT2D eigenvalue weighted by Crippen LogP contribution is -2.38. The maximum Gasteiger partial charge on any atom is 0.333 e. The fourth-order valence-electron chi connectivity index (χ4n) is 2.13. The largest absolute Gasteiger partial charge is 0.415 e. The third kappa shape index (κ3) is 3.95. The Labute approximate surface area is 139 Å². The standard InChI is InChI=1S/C19H16O5/c1-3-16(20)23-19(24-17(21)4-2)12-10-15(11-13-19)18(22)14-8-6-5-7-9-14/h3-12H,1-2,13H2. The molecular weight excluding hydrogens is 308 g/mol. The van der Waals surface area contributed by atoms with E-state index in [1.54, 1.807) is 30.3 Å². The summed E-state index contributed by atoms with van der Waals surface area (Å²) in [6.07, 6.45) is 6.33. The molecule has 0 atom stereocenters. The first-order valence-electron chi connectivity index (χ1n) is 7.19. The molecule has 5 heteroatoms. The Kier molecular flexibility index (Phi) is 5.27. The Hall–Kier alpha value is -3.21. The average molecular weight is 324 g/mol. The monoisotopic (exact) mass is 324 g/mol. The summed E-state index contributed by atoms with van der Waals surface area (Å²) in [6, 6.07) is 8.75. The van der Waals surface area contributed by atoms with Crippen molar-refractivity contribution in [1.29, 1.82) is 0 Å². The third-order valence-corrected chi connectivity index (χ3v) is 3.30. The van der Waals surface area contributed by atoms with Crippen molar-refractivity contribution in [1.82, 2.24) is 0 Å². The van der Waals surface area contributed by atoms with Gasteiger partial charge in [-0.1, -0.05) is 49.6 Å². The summed E-state index contributed by atoms with van der Waals surface area (Å²) >= 11 is 0. The van der Waals surface area contributed by atoms with E-state index in [0.717, 1.165) is 12.2 Å². The molecule has 24 heavy (non-hydrogen) atoms. The van der Waals surface area contributed by atoms with Crippen molar-refractivity contribution < 1.29 is 23.9 Å². The molecule has 0 N–H and O–H groups in total. The number of esters is 2. The van der Waals surface area contributed by atoms with Gasteiger partial charge < -0.3 is 9.47 Å². The first kappa shape index (κ1) is 17.1. The van der Waals surface area contributed by atoms with Crippen molar-refractivity contribution in [3.05, 3.63) is 85.0 Å². The summed E-state index contributed by atoms with van der Waals surface area (Å²) in [5, 5.41) is 0. The van der Waals surface area contributed by atoms with Gasteiger partial charge in [0.2, 0.25) is 0 Å². The van der Waals surface area contributed by atoms with Gasteiger partial charge >= 0.3 is 11.9 Å². The zero-order chi connectivity index (χ0) is 17.6. The second kappa shape index (κ2) is 7.37. The van der Waals surface area contributed by atoms with Gasteiger partial charge in [-0.15, -0.1) is 0 Å². The molecule has 0 fully saturated rings. The number of rotatable bonds is 6. The second-order valence-corrected chi connectivity index (χ2v) is 4.95. The lowest BCUT2D eigenvalue weighted by atomic mass is 9.95. The van der Waals surface area contributed by atoms with Gasteiger partial charge in [0.1, 0.15) is 0 Å². The highest BCUT2D eigenvalue weighted by molar-refractivity contribution is 6.10. The van der Waals surface area contributed by atoms with Gasteiger partial charge in [0.15, 0.2) is 5.78 Å². The van der Waals surface area contributed by atoms with Crippen LogP contribution in [0, 0.1) is 0 Å². The smallest absolute Gasteiger partial charge is 0.333 e. The van der Waals surface area contributed by atoms with Gasteiger partial charge in [0.05, 0.1) is 0 Å². The second-order valence-electron chi connectivity index (χ2n) is 4.95. The van der Waals surface area contributed by atoms with Crippen LogP contribution >= 0.6 is 0 Å². The topological polar surface area (TPSA) is 69.7 Å². The van der Waals surface area contributed by atoms with E-state index in [2.05, 4.69) is 13.2 Å². The number of carbonyl (C=O) groups is 3. The summed E-state index contributed by atoms with van der Waals surface area (Å²) in [6.45, 7) is 6.62. The van der Waals surface area contributed by atoms with Crippen molar-refractivity contribution in [2.75, 3.05) is 0 Å². The number of ketones is 1. The van der Waals surface area contributed by atoms with Crippen molar-refractivity contribution in [3.63, 3.8) is 0 Å². The Morgan fingerprint density at radius 1 is 1.00 bits per heavy atom. The van der Waals surface area contributed by atoms with Crippen LogP contribution in [0.2, 0.25) is 0 Å². The molecule has 0 aliphatic heterocycles. The molecule has 0 radical (unpaired) electrons. The lowest BCUT2D eigenvalue weighted by Gasteiger charge is -2.30. The van der Waals surface area contributed by atoms with Crippen LogP contribution in [0.1, 0.15) is 16.8 Å². The maximum absolute atomic E-state index is 12.4. The first-order valence-corrected chi connectivity index (χ1v) is 7.19. The van der Waals surface area contributed by atoms with Crippen LogP contribution < -0.4 is 0 Å². The summed E-state index contributed by atoms with van der Waals surface area (Å²) in [5.41, 5.74) is 0.952. The Balaban J connectivity index is 2.22. The summed E-state index contributed by atoms with van der Waals surface area (Å²) < 4.78 is 10.3. The van der Waals surface area contributed by atoms with Crippen LogP contribution in [-0.2, 0) is 19.1 Å². The molecule has 1 aromatic carbocycles. The summed E-state index contributed by atoms with van der Waals surface area (Å²) in [7, 11) is 0. The zero-order valence-electron chi connectivity index (χ0n) is 12.9. The van der Waals surface area contributed by atoms with Crippen LogP contribution in [0.25, 0.3) is 0 Å². The van der Waals surface area contributed by atoms with Gasteiger partial charge in [-0.25, -0.2) is 9.59 Å². The van der Waals surface area contributed by atoms with E-state index in [-0.39, 0.29) is 12.2 Å². The van der Waals surface area contributed by atoms with Crippen LogP contribution in [0.15, 0.2) is 79.4 Å². The van der Waals surface area contributed by atoms with Crippen LogP contribution in [0.5, 0.6) is 0 Å². The van der Waals surface area contributed by atoms with E-state index in [9.17, 15) is 14.4 Å². The molecular formula is C19H16O5. The SMILES string of the molecule is C=CC(=O)OC1(OC(=O)C=C)C=CC(C(=O)c2ccccc2)=CC1. The molecule has 0 amide bonds. The van der Waals surface area contributed by atoms with E-state index in [1.807, 2.05) is 6.07 Å². The summed E-state index contributed by atoms with van der Waals surface area (Å²) in [5.74, 6) is -3.28. The molecule has 0 aromatic heterocycles. The fourth-order valence-corrected chi connectivity index (χ4v) is 2.13. The van der Waals surface area contributed by atoms with Crippen molar-refractivity contribution in [2.45, 2.75) is 12.2 Å². The van der Waals surface area contributed by atoms with E-state index in [1.165, 1.54) is 12.2 Å². The summed E-state index contributed by atoms with van der Waals surface area (Å²) in [4.78, 5) is 35.4. The molecule has 0 heterocycles. The number of benzene rings is 1. The number of hydrogen-bond acceptors (Lipinski definition) is 5. The molecule has 122 valence electrons. The number of hydrogen-bond donors (Lipinski definition) is 0. The van der Waals surface area contributed by atoms with Gasteiger partial charge in [-0.2, -0.15) is 0 Å². The maximum atomic E-state index is 12.4. The van der Waals surface area contributed by atoms with E-state index in [0.29, 0.717) is 11.1 Å². The quantitative estimate of drug-likeness (QED) is 0.348. The lowest BCUT2D eigenvalue weighted by molar-refractivity contribution is -0.204. The number of carbonyl (C=O) groups excluding carboxylic acids is 3. The highest BCUT2D eigenvalue weighted by Gasteiger charge is 2.36. The van der Waals surface area contributed by atoms with Crippen LogP contribution in [0.3, 0.4) is 0 Å². The van der Waals surface area contributed by atoms with E-state index in [4.69, 9.17) is 9.47 Å². The van der Waals surface area contributed by atoms with E-state index < -0.39 is 17.7 Å². The fraction of sp³-hybridized carbons (Fsp3) is 0.105. The van der Waals surface area contributed by atoms with E-state index >= 15 is 0 Å². The average Bonchev–Trinajstić information content (AvgIpc) is 2.62. The third-order valence-electron chi connectivity index (χ3n) is 3.30. The Bertz CT molecular complexity index is 718. The predicted octanol–water partition coefficient (Wildman–Crippen LogP) is 2.91. The first-order chi connectivity index (χ1) is 11.5. The number of Topliss-reactive ketones (excluding diaryl/α,β-unsaturated/α-hetero) is 1. The molecule has 5 nitrogen and oxygen atoms in total. The highest BCUT2D eigenvalue weighted by atomic mass is 16.7. The minimum absolute atomic E-state index is 0.0105. The number of allylic oxidation sites excluding steroid dienone is 2. The predicted molar refractivity (Wildman–Crippen MR) is 87.9 cm³/mol. The molecule has 0 saturated heterocycles. The van der Waals surface area contributed by atoms with Gasteiger partial charge in [0, 0.05) is 35.8 Å². The molecule has 0 unspecified atom stereocenters. The van der Waals surface area contributed by atoms with Gasteiger partial charge in [-0.05, 0) is 6.08 Å². The number of ether oxygens (including phenoxy) is 2. The molecule has 0 spiro atoms. The molecule has 1 aliphatic carbocycles. The highest BCUT2D eigenvalue weighted by Crippen LogP contribution is 2.28. The van der Waals surface area contributed by atoms with Crippen LogP contribution in [-0.4, -0.2) is 23.5 Å². The molecule has 0 saturated carbocycles. The minimum Gasteiger partial charge on any atom is -0.415 e.